The molecular weight excluding hydrogens is 359 g/mol. The number of rotatable bonds is 4. The number of hydrogen-bond donors (Lipinski definition) is 2. The standard InChI is InChI=1S/C19H20F3N3O2/c20-19(21,22)14-5-1-2-6-15(14)24-17(26)13-25-11-8-18(27,9-12-25)16-7-3-4-10-23-16/h1-7,10,27H,8-9,11-13H2,(H,24,26). The molecular formula is C19H20F3N3O2. The molecule has 1 amide bonds. The number of hydrogen-bond acceptors (Lipinski definition) is 4. The number of piperidine rings is 1. The lowest BCUT2D eigenvalue weighted by molar-refractivity contribution is -0.137. The van der Waals surface area contributed by atoms with E-state index in [1.165, 1.54) is 18.2 Å². The second-order valence-electron chi connectivity index (χ2n) is 6.61. The number of carbonyl (C=O) groups is 1. The summed E-state index contributed by atoms with van der Waals surface area (Å²) in [5.74, 6) is -0.519. The third-order valence-electron chi connectivity index (χ3n) is 4.70. The van der Waals surface area contributed by atoms with Crippen molar-refractivity contribution in [3.05, 3.63) is 59.9 Å². The first-order valence-electron chi connectivity index (χ1n) is 8.60. The fourth-order valence-corrected chi connectivity index (χ4v) is 3.21. The number of amides is 1. The molecule has 2 N–H and O–H groups in total. The number of alkyl halides is 3. The first-order valence-corrected chi connectivity index (χ1v) is 8.60. The number of aromatic nitrogens is 1. The molecule has 0 bridgehead atoms. The summed E-state index contributed by atoms with van der Waals surface area (Å²) in [6, 6.07) is 10.2. The van der Waals surface area contributed by atoms with Crippen LogP contribution in [-0.2, 0) is 16.6 Å². The smallest absolute Gasteiger partial charge is 0.383 e. The second kappa shape index (κ2) is 7.66. The van der Waals surface area contributed by atoms with Gasteiger partial charge in [0.2, 0.25) is 5.91 Å². The number of halogens is 3. The summed E-state index contributed by atoms with van der Waals surface area (Å²) in [7, 11) is 0. The van der Waals surface area contributed by atoms with E-state index in [1.807, 2.05) is 4.90 Å². The fourth-order valence-electron chi connectivity index (χ4n) is 3.21. The highest BCUT2D eigenvalue weighted by molar-refractivity contribution is 5.93. The fraction of sp³-hybridized carbons (Fsp3) is 0.368. The molecule has 5 nitrogen and oxygen atoms in total. The highest BCUT2D eigenvalue weighted by Gasteiger charge is 2.36. The zero-order valence-corrected chi connectivity index (χ0v) is 14.5. The lowest BCUT2D eigenvalue weighted by Crippen LogP contribution is -2.45. The van der Waals surface area contributed by atoms with Crippen LogP contribution in [0.1, 0.15) is 24.1 Å². The molecule has 2 heterocycles. The largest absolute Gasteiger partial charge is 0.418 e. The Bertz CT molecular complexity index is 788. The molecule has 1 aromatic heterocycles. The molecule has 0 saturated carbocycles. The maximum Gasteiger partial charge on any atom is 0.418 e. The lowest BCUT2D eigenvalue weighted by Gasteiger charge is -2.37. The average Bonchev–Trinajstić information content (AvgIpc) is 2.64. The Balaban J connectivity index is 1.58. The molecule has 0 spiro atoms. The third kappa shape index (κ3) is 4.64. The molecule has 0 unspecified atom stereocenters. The molecule has 1 saturated heterocycles. The van der Waals surface area contributed by atoms with E-state index in [0.717, 1.165) is 6.07 Å². The van der Waals surface area contributed by atoms with E-state index in [-0.39, 0.29) is 12.2 Å². The Labute approximate surface area is 154 Å². The van der Waals surface area contributed by atoms with Gasteiger partial charge in [0.25, 0.3) is 0 Å². The molecule has 0 radical (unpaired) electrons. The molecule has 8 heteroatoms. The monoisotopic (exact) mass is 379 g/mol. The number of anilines is 1. The summed E-state index contributed by atoms with van der Waals surface area (Å²) < 4.78 is 39.0. The molecule has 1 fully saturated rings. The van der Waals surface area contributed by atoms with E-state index in [1.54, 1.807) is 24.4 Å². The van der Waals surface area contributed by atoms with Crippen molar-refractivity contribution in [1.82, 2.24) is 9.88 Å². The molecule has 3 rings (SSSR count). The van der Waals surface area contributed by atoms with Gasteiger partial charge in [-0.05, 0) is 37.1 Å². The van der Waals surface area contributed by atoms with Gasteiger partial charge in [0.1, 0.15) is 5.60 Å². The zero-order chi connectivity index (χ0) is 19.5. The number of nitrogens with zero attached hydrogens (tertiary/aromatic N) is 2. The minimum Gasteiger partial charge on any atom is -0.383 e. The van der Waals surface area contributed by atoms with Crippen molar-refractivity contribution in [1.29, 1.82) is 0 Å². The van der Waals surface area contributed by atoms with Crippen LogP contribution in [0.3, 0.4) is 0 Å². The Hall–Kier alpha value is -2.45. The highest BCUT2D eigenvalue weighted by atomic mass is 19.4. The van der Waals surface area contributed by atoms with Gasteiger partial charge >= 0.3 is 6.18 Å². The van der Waals surface area contributed by atoms with Gasteiger partial charge in [-0.1, -0.05) is 18.2 Å². The summed E-state index contributed by atoms with van der Waals surface area (Å²) in [5, 5.41) is 13.1. The summed E-state index contributed by atoms with van der Waals surface area (Å²) in [6.45, 7) is 0.854. The van der Waals surface area contributed by atoms with Crippen molar-refractivity contribution in [2.75, 3.05) is 25.0 Å². The van der Waals surface area contributed by atoms with Gasteiger partial charge in [-0.15, -0.1) is 0 Å². The summed E-state index contributed by atoms with van der Waals surface area (Å²) in [5.41, 5.74) is -1.58. The van der Waals surface area contributed by atoms with E-state index in [0.29, 0.717) is 31.6 Å². The van der Waals surface area contributed by atoms with E-state index >= 15 is 0 Å². The molecule has 0 atom stereocenters. The number of nitrogens with one attached hydrogen (secondary N) is 1. The molecule has 1 aliphatic rings. The van der Waals surface area contributed by atoms with Gasteiger partial charge in [-0.2, -0.15) is 13.2 Å². The number of aliphatic hydroxyl groups is 1. The summed E-state index contributed by atoms with van der Waals surface area (Å²) in [4.78, 5) is 18.2. The molecule has 0 aliphatic carbocycles. The Morgan fingerprint density at radius 2 is 1.81 bits per heavy atom. The Morgan fingerprint density at radius 1 is 1.15 bits per heavy atom. The van der Waals surface area contributed by atoms with Gasteiger partial charge in [0.05, 0.1) is 23.5 Å². The van der Waals surface area contributed by atoms with E-state index < -0.39 is 23.2 Å². The highest BCUT2D eigenvalue weighted by Crippen LogP contribution is 2.35. The first kappa shape index (κ1) is 19.3. The van der Waals surface area contributed by atoms with Crippen LogP contribution < -0.4 is 5.32 Å². The third-order valence-corrected chi connectivity index (χ3v) is 4.70. The van der Waals surface area contributed by atoms with Crippen LogP contribution in [0.25, 0.3) is 0 Å². The van der Waals surface area contributed by atoms with Gasteiger partial charge < -0.3 is 10.4 Å². The maximum atomic E-state index is 13.0. The molecule has 1 aromatic carbocycles. The van der Waals surface area contributed by atoms with E-state index in [4.69, 9.17) is 0 Å². The van der Waals surface area contributed by atoms with Crippen LogP contribution >= 0.6 is 0 Å². The second-order valence-corrected chi connectivity index (χ2v) is 6.61. The van der Waals surface area contributed by atoms with Gasteiger partial charge in [0, 0.05) is 19.3 Å². The maximum absolute atomic E-state index is 13.0. The molecule has 1 aliphatic heterocycles. The van der Waals surface area contributed by atoms with Crippen molar-refractivity contribution in [2.24, 2.45) is 0 Å². The predicted octanol–water partition coefficient (Wildman–Crippen LogP) is 3.02. The van der Waals surface area contributed by atoms with Crippen LogP contribution in [0.15, 0.2) is 48.7 Å². The summed E-state index contributed by atoms with van der Waals surface area (Å²) in [6.07, 6.45) is -2.12. The van der Waals surface area contributed by atoms with Crippen molar-refractivity contribution in [3.8, 4) is 0 Å². The van der Waals surface area contributed by atoms with Gasteiger partial charge in [-0.25, -0.2) is 0 Å². The normalized spacial score (nSPS) is 17.5. The number of para-hydroxylation sites is 1. The molecule has 2 aromatic rings. The quantitative estimate of drug-likeness (QED) is 0.857. The number of pyridine rings is 1. The molecule has 144 valence electrons. The van der Waals surface area contributed by atoms with Crippen molar-refractivity contribution in [3.63, 3.8) is 0 Å². The van der Waals surface area contributed by atoms with E-state index in [2.05, 4.69) is 10.3 Å². The topological polar surface area (TPSA) is 65.5 Å². The van der Waals surface area contributed by atoms with Crippen LogP contribution in [0, 0.1) is 0 Å². The van der Waals surface area contributed by atoms with Gasteiger partial charge in [0.15, 0.2) is 0 Å². The van der Waals surface area contributed by atoms with Gasteiger partial charge in [-0.3, -0.25) is 14.7 Å². The number of carbonyl (C=O) groups excluding carboxylic acids is 1. The first-order chi connectivity index (χ1) is 12.8. The number of benzene rings is 1. The Kier molecular flexibility index (Phi) is 5.48. The van der Waals surface area contributed by atoms with E-state index in [9.17, 15) is 23.1 Å². The van der Waals surface area contributed by atoms with Crippen molar-refractivity contribution < 1.29 is 23.1 Å². The summed E-state index contributed by atoms with van der Waals surface area (Å²) >= 11 is 0. The minimum atomic E-state index is -4.53. The molecule has 27 heavy (non-hydrogen) atoms. The van der Waals surface area contributed by atoms with Crippen molar-refractivity contribution in [2.45, 2.75) is 24.6 Å². The van der Waals surface area contributed by atoms with Crippen LogP contribution in [0.4, 0.5) is 18.9 Å². The lowest BCUT2D eigenvalue weighted by atomic mass is 9.88. The van der Waals surface area contributed by atoms with Crippen LogP contribution in [0.2, 0.25) is 0 Å². The Morgan fingerprint density at radius 3 is 2.44 bits per heavy atom. The van der Waals surface area contributed by atoms with Crippen molar-refractivity contribution >= 4 is 11.6 Å². The average molecular weight is 379 g/mol. The van der Waals surface area contributed by atoms with Crippen LogP contribution in [0.5, 0.6) is 0 Å². The SMILES string of the molecule is O=C(CN1CCC(O)(c2ccccn2)CC1)Nc1ccccc1C(F)(F)F. The minimum absolute atomic E-state index is 0.0372. The predicted molar refractivity (Wildman–Crippen MR) is 93.9 cm³/mol. The zero-order valence-electron chi connectivity index (χ0n) is 14.5. The van der Waals surface area contributed by atoms with Crippen LogP contribution in [-0.4, -0.2) is 40.5 Å². The number of likely N-dealkylation sites (tertiary alicyclic amines) is 1.